The van der Waals surface area contributed by atoms with Crippen molar-refractivity contribution in [1.82, 2.24) is 9.97 Å². The van der Waals surface area contributed by atoms with Crippen molar-refractivity contribution in [2.45, 2.75) is 20.1 Å². The lowest BCUT2D eigenvalue weighted by molar-refractivity contribution is 0.269. The van der Waals surface area contributed by atoms with Gasteiger partial charge in [0.05, 0.1) is 22.7 Å². The number of hydrogen-bond donors (Lipinski definition) is 3. The number of fused-ring (bicyclic) bond motifs is 1. The molecule has 0 aliphatic heterocycles. The Morgan fingerprint density at radius 1 is 0.906 bits per heavy atom. The normalized spacial score (nSPS) is 11.0. The molecule has 0 aliphatic carbocycles. The number of halogens is 3. The quantitative estimate of drug-likeness (QED) is 0.296. The van der Waals surface area contributed by atoms with Crippen LogP contribution in [-0.4, -0.2) is 16.6 Å². The number of nitrogens with one attached hydrogen (secondary N) is 3. The lowest BCUT2D eigenvalue weighted by Crippen LogP contribution is -2.04. The highest BCUT2D eigenvalue weighted by Crippen LogP contribution is 2.35. The van der Waals surface area contributed by atoms with E-state index in [9.17, 15) is 9.18 Å². The molecule has 0 radical (unpaired) electrons. The van der Waals surface area contributed by atoms with E-state index in [-0.39, 0.29) is 17.3 Å². The van der Waals surface area contributed by atoms with Crippen LogP contribution in [0.5, 0.6) is 11.5 Å². The summed E-state index contributed by atoms with van der Waals surface area (Å²) in [5.41, 5.74) is 3.48. The predicted molar refractivity (Wildman–Crippen MR) is 125 cm³/mol. The Hall–Kier alpha value is -3.16. The average Bonchev–Trinajstić information content (AvgIpc) is 3.13. The molecular formula is C23H20Cl2FN3O3. The number of H-pyrrole nitrogens is 2. The third kappa shape index (κ3) is 5.00. The van der Waals surface area contributed by atoms with Crippen LogP contribution in [0.3, 0.4) is 0 Å². The van der Waals surface area contributed by atoms with Crippen LogP contribution >= 0.6 is 23.2 Å². The molecule has 4 rings (SSSR count). The van der Waals surface area contributed by atoms with Crippen molar-refractivity contribution in [3.63, 3.8) is 0 Å². The smallest absolute Gasteiger partial charge is 0.323 e. The van der Waals surface area contributed by atoms with Crippen LogP contribution in [0, 0.1) is 5.82 Å². The maximum Gasteiger partial charge on any atom is 0.323 e. The van der Waals surface area contributed by atoms with Crippen molar-refractivity contribution in [1.29, 1.82) is 0 Å². The largest absolute Gasteiger partial charge is 0.490 e. The molecule has 4 aromatic rings. The zero-order chi connectivity index (χ0) is 22.7. The number of imidazole rings is 1. The highest BCUT2D eigenvalue weighted by Gasteiger charge is 2.13. The number of rotatable bonds is 8. The van der Waals surface area contributed by atoms with E-state index in [0.717, 1.165) is 16.8 Å². The second-order valence-corrected chi connectivity index (χ2v) is 7.86. The molecule has 0 fully saturated rings. The van der Waals surface area contributed by atoms with Crippen LogP contribution in [0.4, 0.5) is 10.1 Å². The van der Waals surface area contributed by atoms with E-state index in [1.54, 1.807) is 12.1 Å². The first-order valence-electron chi connectivity index (χ1n) is 9.91. The van der Waals surface area contributed by atoms with Crippen LogP contribution in [-0.2, 0) is 13.2 Å². The molecular weight excluding hydrogens is 456 g/mol. The fourth-order valence-electron chi connectivity index (χ4n) is 3.23. The molecule has 0 bridgehead atoms. The van der Waals surface area contributed by atoms with E-state index in [0.29, 0.717) is 40.8 Å². The van der Waals surface area contributed by atoms with Gasteiger partial charge in [0.2, 0.25) is 0 Å². The van der Waals surface area contributed by atoms with Gasteiger partial charge in [-0.2, -0.15) is 0 Å². The topological polar surface area (TPSA) is 79.1 Å². The molecule has 0 atom stereocenters. The Bertz CT molecular complexity index is 1320. The van der Waals surface area contributed by atoms with E-state index in [2.05, 4.69) is 15.3 Å². The zero-order valence-electron chi connectivity index (χ0n) is 17.1. The van der Waals surface area contributed by atoms with Crippen molar-refractivity contribution >= 4 is 39.9 Å². The van der Waals surface area contributed by atoms with Crippen molar-refractivity contribution in [3.8, 4) is 11.5 Å². The molecule has 0 unspecified atom stereocenters. The average molecular weight is 476 g/mol. The van der Waals surface area contributed by atoms with Gasteiger partial charge in [0, 0.05) is 28.9 Å². The summed E-state index contributed by atoms with van der Waals surface area (Å²) in [5.74, 6) is 0.598. The summed E-state index contributed by atoms with van der Waals surface area (Å²) < 4.78 is 24.9. The van der Waals surface area contributed by atoms with E-state index >= 15 is 0 Å². The van der Waals surface area contributed by atoms with Crippen LogP contribution < -0.4 is 20.5 Å². The fourth-order valence-corrected chi connectivity index (χ4v) is 3.67. The first-order chi connectivity index (χ1) is 15.4. The van der Waals surface area contributed by atoms with E-state index in [1.165, 1.54) is 12.1 Å². The Morgan fingerprint density at radius 2 is 1.66 bits per heavy atom. The molecule has 3 aromatic carbocycles. The number of hydrogen-bond acceptors (Lipinski definition) is 4. The highest BCUT2D eigenvalue weighted by molar-refractivity contribution is 6.31. The van der Waals surface area contributed by atoms with Crippen LogP contribution in [0.25, 0.3) is 11.0 Å². The van der Waals surface area contributed by atoms with Gasteiger partial charge < -0.3 is 24.8 Å². The van der Waals surface area contributed by atoms with Gasteiger partial charge in [-0.3, -0.25) is 0 Å². The molecule has 9 heteroatoms. The number of aromatic amines is 2. The summed E-state index contributed by atoms with van der Waals surface area (Å²) >= 11 is 12.6. The molecule has 0 saturated carbocycles. The summed E-state index contributed by atoms with van der Waals surface area (Å²) in [6.07, 6.45) is 0. The zero-order valence-corrected chi connectivity index (χ0v) is 18.6. The van der Waals surface area contributed by atoms with Crippen LogP contribution in [0.1, 0.15) is 18.1 Å². The maximum atomic E-state index is 13.3. The van der Waals surface area contributed by atoms with E-state index in [4.69, 9.17) is 32.7 Å². The Balaban J connectivity index is 1.51. The number of ether oxygens (including phenoxy) is 2. The minimum Gasteiger partial charge on any atom is -0.490 e. The lowest BCUT2D eigenvalue weighted by Gasteiger charge is -2.16. The molecule has 0 spiro atoms. The predicted octanol–water partition coefficient (Wildman–Crippen LogP) is 5.89. The fraction of sp³-hybridized carbons (Fsp3) is 0.174. The molecule has 166 valence electrons. The Morgan fingerprint density at radius 3 is 2.44 bits per heavy atom. The number of anilines is 1. The summed E-state index contributed by atoms with van der Waals surface area (Å²) in [4.78, 5) is 16.9. The van der Waals surface area contributed by atoms with Crippen LogP contribution in [0.2, 0.25) is 10.0 Å². The Kier molecular flexibility index (Phi) is 6.58. The minimum absolute atomic E-state index is 0.141. The van der Waals surface area contributed by atoms with Gasteiger partial charge >= 0.3 is 5.69 Å². The van der Waals surface area contributed by atoms with Crippen LogP contribution in [0.15, 0.2) is 53.3 Å². The number of benzene rings is 3. The van der Waals surface area contributed by atoms with E-state index < -0.39 is 5.82 Å². The third-order valence-electron chi connectivity index (χ3n) is 4.81. The van der Waals surface area contributed by atoms with Gasteiger partial charge in [-0.25, -0.2) is 9.18 Å². The van der Waals surface area contributed by atoms with Gasteiger partial charge in [-0.15, -0.1) is 0 Å². The molecule has 0 saturated heterocycles. The van der Waals surface area contributed by atoms with Gasteiger partial charge in [0.15, 0.2) is 11.5 Å². The minimum atomic E-state index is -0.407. The molecule has 0 amide bonds. The van der Waals surface area contributed by atoms with Gasteiger partial charge in [-0.05, 0) is 48.9 Å². The maximum absolute atomic E-state index is 13.3. The van der Waals surface area contributed by atoms with Crippen molar-refractivity contribution < 1.29 is 13.9 Å². The van der Waals surface area contributed by atoms with E-state index in [1.807, 2.05) is 31.2 Å². The first-order valence-corrected chi connectivity index (χ1v) is 10.7. The highest BCUT2D eigenvalue weighted by atomic mass is 35.5. The first kappa shape index (κ1) is 22.0. The summed E-state index contributed by atoms with van der Waals surface area (Å²) in [6, 6.07) is 13.2. The van der Waals surface area contributed by atoms with Gasteiger partial charge in [0.25, 0.3) is 0 Å². The monoisotopic (exact) mass is 475 g/mol. The standard InChI is InChI=1S/C23H20Cl2FN3O3/c1-2-31-21-7-14(11-27-16-5-6-19-20(9-16)29-23(30)28-19)18(25)10-22(21)32-12-13-3-4-15(26)8-17(13)24/h3-10,27H,2,11-12H2,1H3,(H2,28,29,30). The summed E-state index contributed by atoms with van der Waals surface area (Å²) in [7, 11) is 0. The van der Waals surface area contributed by atoms with Crippen molar-refractivity contribution in [2.75, 3.05) is 11.9 Å². The molecule has 1 aromatic heterocycles. The van der Waals surface area contributed by atoms with Gasteiger partial charge in [-0.1, -0.05) is 29.3 Å². The van der Waals surface area contributed by atoms with Crippen molar-refractivity contribution in [2.24, 2.45) is 0 Å². The molecule has 3 N–H and O–H groups in total. The summed E-state index contributed by atoms with van der Waals surface area (Å²) in [6.45, 7) is 2.89. The van der Waals surface area contributed by atoms with Gasteiger partial charge in [0.1, 0.15) is 12.4 Å². The third-order valence-corrected chi connectivity index (χ3v) is 5.51. The second kappa shape index (κ2) is 9.54. The SMILES string of the molecule is CCOc1cc(CNc2ccc3[nH]c(=O)[nH]c3c2)c(Cl)cc1OCc1ccc(F)cc1Cl. The molecule has 0 aliphatic rings. The molecule has 6 nitrogen and oxygen atoms in total. The van der Waals surface area contributed by atoms with Crippen molar-refractivity contribution in [3.05, 3.63) is 86.0 Å². The second-order valence-electron chi connectivity index (χ2n) is 7.04. The molecule has 1 heterocycles. The summed E-state index contributed by atoms with van der Waals surface area (Å²) in [5, 5.41) is 4.08. The number of aromatic nitrogens is 2. The molecule has 32 heavy (non-hydrogen) atoms. The Labute approximate surface area is 193 Å². The lowest BCUT2D eigenvalue weighted by atomic mass is 10.1.